The molecule has 0 fully saturated rings. The zero-order valence-electron chi connectivity index (χ0n) is 21.5. The second kappa shape index (κ2) is 10.3. The van der Waals surface area contributed by atoms with Crippen LogP contribution in [0, 0.1) is 0 Å². The van der Waals surface area contributed by atoms with Gasteiger partial charge in [-0.05, 0) is 56.6 Å². The Hall–Kier alpha value is -4.23. The first kappa shape index (κ1) is 24.1. The predicted octanol–water partition coefficient (Wildman–Crippen LogP) is 4.70. The van der Waals surface area contributed by atoms with Gasteiger partial charge >= 0.3 is 0 Å². The fraction of sp³-hybridized carbons (Fsp3) is 0.258. The highest BCUT2D eigenvalue weighted by Crippen LogP contribution is 2.29. The summed E-state index contributed by atoms with van der Waals surface area (Å²) >= 11 is 0. The number of hydrogen-bond acceptors (Lipinski definition) is 4. The van der Waals surface area contributed by atoms with Crippen LogP contribution in [0.25, 0.3) is 32.7 Å². The summed E-state index contributed by atoms with van der Waals surface area (Å²) < 4.78 is 2.20. The number of H-pyrrole nitrogens is 1. The van der Waals surface area contributed by atoms with Gasteiger partial charge in [-0.3, -0.25) is 14.6 Å². The van der Waals surface area contributed by atoms with Crippen molar-refractivity contribution in [3.63, 3.8) is 0 Å². The summed E-state index contributed by atoms with van der Waals surface area (Å²) in [7, 11) is 2.09. The lowest BCUT2D eigenvalue weighted by molar-refractivity contribution is -0.114. The predicted molar refractivity (Wildman–Crippen MR) is 153 cm³/mol. The van der Waals surface area contributed by atoms with Crippen LogP contribution in [-0.4, -0.2) is 47.4 Å². The van der Waals surface area contributed by atoms with E-state index in [9.17, 15) is 9.59 Å². The number of Topliss-reactive ketones (excluding diaryl/α,β-unsaturated/α-hetero) is 1. The fourth-order valence-corrected chi connectivity index (χ4v) is 5.52. The summed E-state index contributed by atoms with van der Waals surface area (Å²) in [4.78, 5) is 34.7. The largest absolute Gasteiger partial charge is 0.354 e. The topological polar surface area (TPSA) is 82.5 Å². The smallest absolute Gasteiger partial charge is 0.299 e. The molecule has 1 aliphatic rings. The summed E-state index contributed by atoms with van der Waals surface area (Å²) in [6.45, 7) is 3.04. The molecule has 0 unspecified atom stereocenters. The van der Waals surface area contributed by atoms with Crippen molar-refractivity contribution in [3.05, 3.63) is 83.8 Å². The number of benzene rings is 3. The molecule has 0 saturated carbocycles. The Bertz CT molecular complexity index is 1750. The maximum atomic E-state index is 12.3. The first-order chi connectivity index (χ1) is 18.6. The van der Waals surface area contributed by atoms with Gasteiger partial charge < -0.3 is 19.8 Å². The van der Waals surface area contributed by atoms with Crippen LogP contribution in [0.15, 0.2) is 77.8 Å². The van der Waals surface area contributed by atoms with Gasteiger partial charge in [0.05, 0.1) is 27.7 Å². The number of aromatic nitrogens is 2. The van der Waals surface area contributed by atoms with E-state index in [2.05, 4.69) is 70.4 Å². The summed E-state index contributed by atoms with van der Waals surface area (Å²) in [5.74, 6) is -0.806. The molecule has 5 aromatic rings. The van der Waals surface area contributed by atoms with Gasteiger partial charge in [-0.15, -0.1) is 0 Å². The number of unbranched alkanes of at least 4 members (excludes halogenated alkanes) is 1. The highest BCUT2D eigenvalue weighted by atomic mass is 16.2. The Kier molecular flexibility index (Phi) is 6.52. The van der Waals surface area contributed by atoms with Crippen LogP contribution in [0.4, 0.5) is 5.69 Å². The van der Waals surface area contributed by atoms with Gasteiger partial charge in [0.2, 0.25) is 0 Å². The lowest BCUT2D eigenvalue weighted by Crippen LogP contribution is -2.31. The molecule has 7 heteroatoms. The number of fused-ring (bicyclic) bond motifs is 6. The lowest BCUT2D eigenvalue weighted by atomic mass is 10.1. The Morgan fingerprint density at radius 2 is 1.58 bits per heavy atom. The molecular weight excluding hydrogens is 474 g/mol. The number of carbonyl (C=O) groups excluding carboxylic acids is 2. The van der Waals surface area contributed by atoms with Crippen LogP contribution in [0.5, 0.6) is 0 Å². The molecule has 2 N–H and O–H groups in total. The number of ketones is 1. The van der Waals surface area contributed by atoms with Gasteiger partial charge in [0.1, 0.15) is 5.49 Å². The van der Waals surface area contributed by atoms with Gasteiger partial charge in [0.25, 0.3) is 11.7 Å². The number of amides is 1. The molecule has 192 valence electrons. The number of pyridine rings is 1. The maximum absolute atomic E-state index is 12.3. The van der Waals surface area contributed by atoms with Crippen LogP contribution in [-0.2, 0) is 11.8 Å². The van der Waals surface area contributed by atoms with E-state index < -0.39 is 11.7 Å². The molecule has 2 aromatic heterocycles. The van der Waals surface area contributed by atoms with Gasteiger partial charge in [-0.2, -0.15) is 0 Å². The molecule has 0 saturated heterocycles. The normalized spacial score (nSPS) is 13.9. The summed E-state index contributed by atoms with van der Waals surface area (Å²) in [5, 5.41) is 7.07. The molecular formula is C31H31N5O2. The molecule has 0 spiro atoms. The van der Waals surface area contributed by atoms with Crippen molar-refractivity contribution in [2.45, 2.75) is 19.3 Å². The van der Waals surface area contributed by atoms with Crippen LogP contribution in [0.3, 0.4) is 0 Å². The standard InChI is InChI=1S/C31H31N5O2/c1-35-25-15-6-3-12-22(25)28-27(21-11-2-5-14-24(21)34-28)30(35)33-19-10-18-32-17-8-9-20-36-26-16-7-4-13-23(26)29(37)31(36)38/h2-7,11-16,32,34H,8-10,17-20H2,1H3. The minimum Gasteiger partial charge on any atom is -0.354 e. The Labute approximate surface area is 220 Å². The highest BCUT2D eigenvalue weighted by molar-refractivity contribution is 6.52. The quantitative estimate of drug-likeness (QED) is 0.225. The molecule has 3 heterocycles. The number of hydrogen-bond donors (Lipinski definition) is 2. The second-order valence-corrected chi connectivity index (χ2v) is 9.82. The molecule has 0 aliphatic carbocycles. The molecule has 7 nitrogen and oxygen atoms in total. The van der Waals surface area contributed by atoms with E-state index in [1.807, 2.05) is 12.1 Å². The van der Waals surface area contributed by atoms with Crippen molar-refractivity contribution in [1.29, 1.82) is 0 Å². The van der Waals surface area contributed by atoms with E-state index in [4.69, 9.17) is 4.99 Å². The number of rotatable bonds is 9. The minimum absolute atomic E-state index is 0.396. The van der Waals surface area contributed by atoms with E-state index >= 15 is 0 Å². The summed E-state index contributed by atoms with van der Waals surface area (Å²) in [6, 6.07) is 24.1. The zero-order valence-corrected chi connectivity index (χ0v) is 21.5. The summed E-state index contributed by atoms with van der Waals surface area (Å²) in [6.07, 6.45) is 2.71. The third-order valence-corrected chi connectivity index (χ3v) is 7.42. The summed E-state index contributed by atoms with van der Waals surface area (Å²) in [5.41, 5.74) is 5.68. The van der Waals surface area contributed by atoms with Gasteiger partial charge in [-0.1, -0.05) is 48.5 Å². The number of anilines is 1. The molecule has 1 amide bonds. The third-order valence-electron chi connectivity index (χ3n) is 7.42. The average molecular weight is 506 g/mol. The number of para-hydroxylation sites is 3. The van der Waals surface area contributed by atoms with Crippen molar-refractivity contribution in [3.8, 4) is 0 Å². The number of nitrogens with zero attached hydrogens (tertiary/aromatic N) is 3. The van der Waals surface area contributed by atoms with Crippen molar-refractivity contribution >= 4 is 50.1 Å². The van der Waals surface area contributed by atoms with Crippen molar-refractivity contribution in [1.82, 2.24) is 14.9 Å². The molecule has 38 heavy (non-hydrogen) atoms. The van der Waals surface area contributed by atoms with Gasteiger partial charge in [0.15, 0.2) is 0 Å². The Morgan fingerprint density at radius 1 is 0.842 bits per heavy atom. The highest BCUT2D eigenvalue weighted by Gasteiger charge is 2.34. The average Bonchev–Trinajstić information content (AvgIpc) is 3.45. The molecule has 0 radical (unpaired) electrons. The van der Waals surface area contributed by atoms with E-state index in [-0.39, 0.29) is 0 Å². The van der Waals surface area contributed by atoms with Crippen molar-refractivity contribution in [2.75, 3.05) is 31.1 Å². The van der Waals surface area contributed by atoms with Crippen molar-refractivity contribution in [2.24, 2.45) is 12.0 Å². The van der Waals surface area contributed by atoms with Crippen LogP contribution in [0.2, 0.25) is 0 Å². The van der Waals surface area contributed by atoms with Crippen LogP contribution < -0.4 is 15.7 Å². The molecule has 1 aliphatic heterocycles. The number of aromatic amines is 1. The van der Waals surface area contributed by atoms with E-state index in [1.54, 1.807) is 17.0 Å². The van der Waals surface area contributed by atoms with E-state index in [0.29, 0.717) is 12.1 Å². The molecule has 0 atom stereocenters. The SMILES string of the molecule is Cn1c(=NCCCNCCCCN2C(=O)C(=O)c3ccccc32)c2c3ccccc3[nH]c2c2ccccc21. The number of carbonyl (C=O) groups is 2. The first-order valence-electron chi connectivity index (χ1n) is 13.3. The Morgan fingerprint density at radius 3 is 2.47 bits per heavy atom. The fourth-order valence-electron chi connectivity index (χ4n) is 5.52. The first-order valence-corrected chi connectivity index (χ1v) is 13.3. The van der Waals surface area contributed by atoms with Gasteiger partial charge in [-0.25, -0.2) is 0 Å². The monoisotopic (exact) mass is 505 g/mol. The number of aryl methyl sites for hydroxylation is 1. The zero-order chi connectivity index (χ0) is 26.1. The third kappa shape index (κ3) is 4.19. The van der Waals surface area contributed by atoms with E-state index in [0.717, 1.165) is 66.6 Å². The molecule has 6 rings (SSSR count). The minimum atomic E-state index is -0.410. The lowest BCUT2D eigenvalue weighted by Gasteiger charge is -2.16. The van der Waals surface area contributed by atoms with E-state index in [1.165, 1.54) is 16.2 Å². The maximum Gasteiger partial charge on any atom is 0.299 e. The van der Waals surface area contributed by atoms with Crippen LogP contribution in [0.1, 0.15) is 29.6 Å². The van der Waals surface area contributed by atoms with Crippen LogP contribution >= 0.6 is 0 Å². The second-order valence-electron chi connectivity index (χ2n) is 9.82. The molecule has 0 bridgehead atoms. The van der Waals surface area contributed by atoms with Crippen molar-refractivity contribution < 1.29 is 9.59 Å². The molecule has 3 aromatic carbocycles. The Balaban J connectivity index is 1.07. The number of nitrogens with one attached hydrogen (secondary N) is 2. The van der Waals surface area contributed by atoms with Gasteiger partial charge in [0, 0.05) is 36.4 Å².